The topological polar surface area (TPSA) is 105 Å². The van der Waals surface area contributed by atoms with Gasteiger partial charge in [0, 0.05) is 19.2 Å². The van der Waals surface area contributed by atoms with Gasteiger partial charge in [0.2, 0.25) is 10.0 Å². The van der Waals surface area contributed by atoms with Gasteiger partial charge in [0.15, 0.2) is 0 Å². The van der Waals surface area contributed by atoms with E-state index in [4.69, 9.17) is 11.6 Å². The first-order chi connectivity index (χ1) is 12.8. The summed E-state index contributed by atoms with van der Waals surface area (Å²) in [6, 6.07) is 7.33. The Labute approximate surface area is 165 Å². The molecule has 0 aliphatic carbocycles. The fraction of sp³-hybridized carbons (Fsp3) is 0.312. The van der Waals surface area contributed by atoms with Crippen molar-refractivity contribution in [1.82, 2.24) is 4.31 Å². The average Bonchev–Trinajstić information content (AvgIpc) is 3.31. The molecular weight excluding hydrogens is 412 g/mol. The second-order valence-corrected chi connectivity index (χ2v) is 9.61. The Morgan fingerprint density at radius 3 is 2.59 bits per heavy atom. The Bertz CT molecular complexity index is 998. The van der Waals surface area contributed by atoms with E-state index in [1.807, 2.05) is 0 Å². The lowest BCUT2D eigenvalue weighted by molar-refractivity contribution is -0.384. The minimum atomic E-state index is -3.73. The molecule has 11 heteroatoms. The van der Waals surface area contributed by atoms with Gasteiger partial charge < -0.3 is 0 Å². The van der Waals surface area contributed by atoms with Gasteiger partial charge in [-0.1, -0.05) is 11.6 Å². The second-order valence-electron chi connectivity index (χ2n) is 5.96. The molecule has 1 aromatic heterocycles. The zero-order chi connectivity index (χ0) is 19.6. The number of benzene rings is 1. The Hall–Kier alpha value is -2.01. The summed E-state index contributed by atoms with van der Waals surface area (Å²) in [5.74, 6) is 0. The van der Waals surface area contributed by atoms with Crippen LogP contribution in [0, 0.1) is 10.1 Å². The SMILES string of the molecule is C/C(=N\Nc1ccc(S(=O)(=O)N2CCCC2)cc1[N+](=O)[O-])c1ccc(Cl)s1. The Kier molecular flexibility index (Phi) is 5.80. The van der Waals surface area contributed by atoms with Crippen molar-refractivity contribution < 1.29 is 13.3 Å². The largest absolute Gasteiger partial charge is 0.295 e. The zero-order valence-corrected chi connectivity index (χ0v) is 16.8. The number of hydrogen-bond acceptors (Lipinski definition) is 7. The van der Waals surface area contributed by atoms with E-state index in [1.165, 1.54) is 27.8 Å². The standard InChI is InChI=1S/C16H17ClN4O4S2/c1-11(15-6-7-16(17)26-15)18-19-13-5-4-12(10-14(13)21(22)23)27(24,25)20-8-2-3-9-20/h4-7,10,19H,2-3,8-9H2,1H3/b18-11+. The van der Waals surface area contributed by atoms with Gasteiger partial charge in [0.05, 0.1) is 24.7 Å². The van der Waals surface area contributed by atoms with E-state index in [0.717, 1.165) is 23.8 Å². The summed E-state index contributed by atoms with van der Waals surface area (Å²) in [6.45, 7) is 2.61. The van der Waals surface area contributed by atoms with Gasteiger partial charge in [0.1, 0.15) is 5.69 Å². The van der Waals surface area contributed by atoms with Gasteiger partial charge in [0.25, 0.3) is 5.69 Å². The molecule has 0 amide bonds. The van der Waals surface area contributed by atoms with Crippen LogP contribution in [0.4, 0.5) is 11.4 Å². The molecule has 144 valence electrons. The summed E-state index contributed by atoms with van der Waals surface area (Å²) in [5.41, 5.74) is 3.02. The predicted octanol–water partition coefficient (Wildman–Crippen LogP) is 3.93. The molecule has 1 aliphatic rings. The number of hydrogen-bond donors (Lipinski definition) is 1. The number of sulfonamides is 1. The molecule has 1 fully saturated rings. The number of hydrazone groups is 1. The molecule has 0 radical (unpaired) electrons. The Morgan fingerprint density at radius 2 is 2.00 bits per heavy atom. The van der Waals surface area contributed by atoms with Gasteiger partial charge >= 0.3 is 0 Å². The van der Waals surface area contributed by atoms with Crippen molar-refractivity contribution in [2.75, 3.05) is 18.5 Å². The number of nitro benzene ring substituents is 1. The number of halogens is 1. The third kappa shape index (κ3) is 4.29. The normalized spacial score (nSPS) is 15.9. The number of rotatable bonds is 6. The van der Waals surface area contributed by atoms with Gasteiger partial charge in [-0.05, 0) is 44.0 Å². The maximum Gasteiger partial charge on any atom is 0.295 e. The van der Waals surface area contributed by atoms with Crippen LogP contribution in [0.2, 0.25) is 4.34 Å². The van der Waals surface area contributed by atoms with E-state index in [0.29, 0.717) is 23.1 Å². The van der Waals surface area contributed by atoms with Crippen molar-refractivity contribution in [3.05, 3.63) is 49.7 Å². The number of nitro groups is 1. The smallest absolute Gasteiger partial charge is 0.271 e. The highest BCUT2D eigenvalue weighted by Crippen LogP contribution is 2.30. The first-order valence-corrected chi connectivity index (χ1v) is 10.8. The monoisotopic (exact) mass is 428 g/mol. The lowest BCUT2D eigenvalue weighted by Gasteiger charge is -2.15. The molecule has 1 aromatic carbocycles. The number of nitrogens with zero attached hydrogens (tertiary/aromatic N) is 3. The van der Waals surface area contributed by atoms with Gasteiger partial charge in [-0.25, -0.2) is 8.42 Å². The summed E-state index contributed by atoms with van der Waals surface area (Å²) in [6.07, 6.45) is 1.59. The highest BCUT2D eigenvalue weighted by molar-refractivity contribution is 7.89. The molecule has 8 nitrogen and oxygen atoms in total. The summed E-state index contributed by atoms with van der Waals surface area (Å²) in [7, 11) is -3.73. The molecule has 1 aliphatic heterocycles. The second kappa shape index (κ2) is 7.93. The number of anilines is 1. The molecule has 2 aromatic rings. The van der Waals surface area contributed by atoms with Crippen molar-refractivity contribution in [2.45, 2.75) is 24.7 Å². The third-order valence-corrected chi connectivity index (χ3v) is 7.38. The van der Waals surface area contributed by atoms with Crippen molar-refractivity contribution in [3.63, 3.8) is 0 Å². The maximum absolute atomic E-state index is 12.6. The minimum Gasteiger partial charge on any atom is -0.271 e. The molecular formula is C16H17ClN4O4S2. The lowest BCUT2D eigenvalue weighted by atomic mass is 10.3. The first-order valence-electron chi connectivity index (χ1n) is 8.13. The van der Waals surface area contributed by atoms with Crippen LogP contribution in [-0.2, 0) is 10.0 Å². The molecule has 0 atom stereocenters. The third-order valence-electron chi connectivity index (χ3n) is 4.14. The molecule has 27 heavy (non-hydrogen) atoms. The summed E-state index contributed by atoms with van der Waals surface area (Å²) < 4.78 is 27.2. The van der Waals surface area contributed by atoms with Crippen LogP contribution in [0.25, 0.3) is 0 Å². The zero-order valence-electron chi connectivity index (χ0n) is 14.4. The van der Waals surface area contributed by atoms with Crippen LogP contribution in [0.5, 0.6) is 0 Å². The molecule has 2 heterocycles. The van der Waals surface area contributed by atoms with Gasteiger partial charge in [-0.2, -0.15) is 9.41 Å². The Balaban J connectivity index is 1.89. The fourth-order valence-corrected chi connectivity index (χ4v) is 5.23. The summed E-state index contributed by atoms with van der Waals surface area (Å²) in [5, 5.41) is 15.6. The highest BCUT2D eigenvalue weighted by atomic mass is 35.5. The average molecular weight is 429 g/mol. The van der Waals surface area contributed by atoms with E-state index in [9.17, 15) is 18.5 Å². The highest BCUT2D eigenvalue weighted by Gasteiger charge is 2.29. The molecule has 3 rings (SSSR count). The molecule has 0 spiro atoms. The van der Waals surface area contributed by atoms with Gasteiger partial charge in [-0.15, -0.1) is 11.3 Å². The van der Waals surface area contributed by atoms with Crippen LogP contribution in [0.1, 0.15) is 24.6 Å². The van der Waals surface area contributed by atoms with Crippen LogP contribution < -0.4 is 5.43 Å². The van der Waals surface area contributed by atoms with Crippen molar-refractivity contribution >= 4 is 50.0 Å². The molecule has 1 saturated heterocycles. The lowest BCUT2D eigenvalue weighted by Crippen LogP contribution is -2.27. The van der Waals surface area contributed by atoms with Crippen LogP contribution >= 0.6 is 22.9 Å². The Morgan fingerprint density at radius 1 is 1.30 bits per heavy atom. The van der Waals surface area contributed by atoms with E-state index in [2.05, 4.69) is 10.5 Å². The van der Waals surface area contributed by atoms with Gasteiger partial charge in [-0.3, -0.25) is 15.5 Å². The van der Waals surface area contributed by atoms with E-state index < -0.39 is 14.9 Å². The quantitative estimate of drug-likeness (QED) is 0.426. The number of thiophene rings is 1. The predicted molar refractivity (Wildman–Crippen MR) is 106 cm³/mol. The first kappa shape index (κ1) is 19.7. The van der Waals surface area contributed by atoms with E-state index in [1.54, 1.807) is 19.1 Å². The van der Waals surface area contributed by atoms with Crippen LogP contribution in [0.3, 0.4) is 0 Å². The maximum atomic E-state index is 12.6. The molecule has 1 N–H and O–H groups in total. The molecule has 0 bridgehead atoms. The molecule has 0 unspecified atom stereocenters. The van der Waals surface area contributed by atoms with Crippen LogP contribution in [-0.4, -0.2) is 36.4 Å². The summed E-state index contributed by atoms with van der Waals surface area (Å²) in [4.78, 5) is 11.5. The molecule has 0 saturated carbocycles. The van der Waals surface area contributed by atoms with Crippen molar-refractivity contribution in [1.29, 1.82) is 0 Å². The van der Waals surface area contributed by atoms with Crippen molar-refractivity contribution in [2.24, 2.45) is 5.10 Å². The number of nitrogens with one attached hydrogen (secondary N) is 1. The van der Waals surface area contributed by atoms with Crippen molar-refractivity contribution in [3.8, 4) is 0 Å². The van der Waals surface area contributed by atoms with E-state index in [-0.39, 0.29) is 16.3 Å². The summed E-state index contributed by atoms with van der Waals surface area (Å²) >= 11 is 7.23. The fourth-order valence-electron chi connectivity index (χ4n) is 2.70. The van der Waals surface area contributed by atoms with Crippen LogP contribution in [0.15, 0.2) is 40.3 Å². The van der Waals surface area contributed by atoms with E-state index >= 15 is 0 Å². The minimum absolute atomic E-state index is 0.0904.